The maximum absolute atomic E-state index is 10.6. The fraction of sp³-hybridized carbons (Fsp3) is 0.545. The Balaban J connectivity index is 2.43. The zero-order valence-corrected chi connectivity index (χ0v) is 12.5. The van der Waals surface area contributed by atoms with Gasteiger partial charge in [-0.1, -0.05) is 0 Å². The molecule has 1 N–H and O–H groups in total. The molecule has 19 heavy (non-hydrogen) atoms. The van der Waals surface area contributed by atoms with Crippen molar-refractivity contribution in [2.24, 2.45) is 0 Å². The fourth-order valence-corrected chi connectivity index (χ4v) is 1.86. The van der Waals surface area contributed by atoms with Crippen LogP contribution in [0.2, 0.25) is 0 Å². The minimum atomic E-state index is -0.472. The monoisotopic (exact) mass is 332 g/mol. The summed E-state index contributed by atoms with van der Waals surface area (Å²) in [6.07, 6.45) is 1.24. The molecule has 0 amide bonds. The molecular formula is C11H17BrN4O3. The van der Waals surface area contributed by atoms with Gasteiger partial charge in [0, 0.05) is 32.8 Å². The molecule has 0 fully saturated rings. The lowest BCUT2D eigenvalue weighted by Crippen LogP contribution is -2.28. The number of pyridine rings is 1. The molecule has 8 heteroatoms. The van der Waals surface area contributed by atoms with E-state index in [1.54, 1.807) is 7.11 Å². The number of anilines is 1. The number of hydrogen-bond acceptors (Lipinski definition) is 6. The number of halogens is 1. The Morgan fingerprint density at radius 1 is 1.58 bits per heavy atom. The van der Waals surface area contributed by atoms with Crippen LogP contribution in [-0.2, 0) is 4.74 Å². The number of methoxy groups -OCH3 is 1. The number of hydrogen-bond donors (Lipinski definition) is 1. The lowest BCUT2D eigenvalue weighted by Gasteiger charge is -2.16. The van der Waals surface area contributed by atoms with Crippen LogP contribution in [0.3, 0.4) is 0 Å². The Kier molecular flexibility index (Phi) is 6.68. The van der Waals surface area contributed by atoms with E-state index in [-0.39, 0.29) is 5.69 Å². The molecule has 7 nitrogen and oxygen atoms in total. The number of nitro groups is 1. The first-order valence-corrected chi connectivity index (χ1v) is 6.55. The van der Waals surface area contributed by atoms with E-state index in [0.717, 1.165) is 13.1 Å². The SMILES string of the molecule is COCCN(C)CCNc1ncc([N+](=O)[O-])cc1Br. The summed E-state index contributed by atoms with van der Waals surface area (Å²) in [5, 5.41) is 13.7. The summed E-state index contributed by atoms with van der Waals surface area (Å²) < 4.78 is 5.57. The van der Waals surface area contributed by atoms with Crippen molar-refractivity contribution in [3.05, 3.63) is 26.9 Å². The van der Waals surface area contributed by atoms with Crippen LogP contribution in [0.25, 0.3) is 0 Å². The molecule has 0 aliphatic carbocycles. The van der Waals surface area contributed by atoms with Gasteiger partial charge >= 0.3 is 0 Å². The van der Waals surface area contributed by atoms with Gasteiger partial charge in [-0.05, 0) is 23.0 Å². The summed E-state index contributed by atoms with van der Waals surface area (Å²) in [7, 11) is 3.67. The van der Waals surface area contributed by atoms with Crippen LogP contribution >= 0.6 is 15.9 Å². The summed E-state index contributed by atoms with van der Waals surface area (Å²) in [5.74, 6) is 0.603. The van der Waals surface area contributed by atoms with Crippen LogP contribution in [-0.4, -0.2) is 55.2 Å². The second kappa shape index (κ2) is 8.03. The van der Waals surface area contributed by atoms with E-state index in [1.807, 2.05) is 7.05 Å². The third kappa shape index (κ3) is 5.50. The number of rotatable bonds is 8. The Bertz CT molecular complexity index is 430. The highest BCUT2D eigenvalue weighted by Gasteiger charge is 2.10. The van der Waals surface area contributed by atoms with E-state index in [0.29, 0.717) is 23.4 Å². The summed E-state index contributed by atoms with van der Waals surface area (Å²) in [6.45, 7) is 3.07. The van der Waals surface area contributed by atoms with Crippen molar-refractivity contribution in [1.82, 2.24) is 9.88 Å². The standard InChI is InChI=1S/C11H17BrN4O3/c1-15(5-6-19-2)4-3-13-11-10(12)7-9(8-14-11)16(17)18/h7-8H,3-6H2,1-2H3,(H,13,14). The van der Waals surface area contributed by atoms with E-state index in [4.69, 9.17) is 4.74 Å². The summed E-state index contributed by atoms with van der Waals surface area (Å²) in [4.78, 5) is 16.2. The van der Waals surface area contributed by atoms with E-state index >= 15 is 0 Å². The van der Waals surface area contributed by atoms with Gasteiger partial charge in [-0.25, -0.2) is 4.98 Å². The van der Waals surface area contributed by atoms with Crippen molar-refractivity contribution in [2.75, 3.05) is 45.7 Å². The molecule has 0 aliphatic heterocycles. The zero-order chi connectivity index (χ0) is 14.3. The third-order valence-corrected chi connectivity index (χ3v) is 3.11. The van der Waals surface area contributed by atoms with Crippen molar-refractivity contribution in [1.29, 1.82) is 0 Å². The van der Waals surface area contributed by atoms with E-state index in [2.05, 4.69) is 31.1 Å². The maximum Gasteiger partial charge on any atom is 0.288 e. The lowest BCUT2D eigenvalue weighted by molar-refractivity contribution is -0.385. The predicted molar refractivity (Wildman–Crippen MR) is 76.5 cm³/mol. The fourth-order valence-electron chi connectivity index (χ4n) is 1.38. The highest BCUT2D eigenvalue weighted by atomic mass is 79.9. The smallest absolute Gasteiger partial charge is 0.288 e. The van der Waals surface area contributed by atoms with Gasteiger partial charge in [0.15, 0.2) is 0 Å². The Hall–Kier alpha value is -1.25. The first-order valence-electron chi connectivity index (χ1n) is 5.76. The highest BCUT2D eigenvalue weighted by molar-refractivity contribution is 9.10. The van der Waals surface area contributed by atoms with Crippen molar-refractivity contribution < 1.29 is 9.66 Å². The van der Waals surface area contributed by atoms with Crippen LogP contribution in [0.1, 0.15) is 0 Å². The van der Waals surface area contributed by atoms with E-state index in [1.165, 1.54) is 12.3 Å². The number of ether oxygens (including phenoxy) is 1. The molecule has 106 valence electrons. The maximum atomic E-state index is 10.6. The Labute approximate surface area is 120 Å². The van der Waals surface area contributed by atoms with Gasteiger partial charge in [0.1, 0.15) is 12.0 Å². The average molecular weight is 333 g/mol. The van der Waals surface area contributed by atoms with E-state index < -0.39 is 4.92 Å². The lowest BCUT2D eigenvalue weighted by atomic mass is 10.4. The number of nitrogens with zero attached hydrogens (tertiary/aromatic N) is 3. The van der Waals surface area contributed by atoms with Crippen molar-refractivity contribution in [2.45, 2.75) is 0 Å². The Morgan fingerprint density at radius 3 is 2.89 bits per heavy atom. The first-order chi connectivity index (χ1) is 9.04. The third-order valence-electron chi connectivity index (χ3n) is 2.50. The predicted octanol–water partition coefficient (Wildman–Crippen LogP) is 1.74. The Morgan fingerprint density at radius 2 is 2.32 bits per heavy atom. The average Bonchev–Trinajstić information content (AvgIpc) is 2.38. The van der Waals surface area contributed by atoms with Crippen LogP contribution in [0.4, 0.5) is 11.5 Å². The number of nitrogens with one attached hydrogen (secondary N) is 1. The molecule has 0 bridgehead atoms. The second-order valence-electron chi connectivity index (χ2n) is 4.00. The van der Waals surface area contributed by atoms with Gasteiger partial charge < -0.3 is 15.0 Å². The van der Waals surface area contributed by atoms with Gasteiger partial charge in [0.2, 0.25) is 0 Å². The zero-order valence-electron chi connectivity index (χ0n) is 10.9. The summed E-state index contributed by atoms with van der Waals surface area (Å²) >= 11 is 3.26. The normalized spacial score (nSPS) is 10.7. The summed E-state index contributed by atoms with van der Waals surface area (Å²) in [6, 6.07) is 1.43. The first kappa shape index (κ1) is 15.8. The van der Waals surface area contributed by atoms with Gasteiger partial charge in [-0.2, -0.15) is 0 Å². The minimum absolute atomic E-state index is 0.0327. The molecule has 0 saturated carbocycles. The molecule has 1 aromatic rings. The molecule has 0 spiro atoms. The molecule has 0 unspecified atom stereocenters. The molecule has 0 aromatic carbocycles. The van der Waals surface area contributed by atoms with Crippen LogP contribution in [0.15, 0.2) is 16.7 Å². The molecule has 1 heterocycles. The van der Waals surface area contributed by atoms with Crippen molar-refractivity contribution in [3.8, 4) is 0 Å². The molecular weight excluding hydrogens is 316 g/mol. The van der Waals surface area contributed by atoms with Crippen LogP contribution < -0.4 is 5.32 Å². The van der Waals surface area contributed by atoms with Crippen molar-refractivity contribution in [3.63, 3.8) is 0 Å². The molecule has 1 aromatic heterocycles. The van der Waals surface area contributed by atoms with E-state index in [9.17, 15) is 10.1 Å². The van der Waals surface area contributed by atoms with Gasteiger partial charge in [-0.3, -0.25) is 10.1 Å². The van der Waals surface area contributed by atoms with Crippen LogP contribution in [0, 0.1) is 10.1 Å². The molecule has 0 radical (unpaired) electrons. The number of aromatic nitrogens is 1. The molecule has 0 saturated heterocycles. The van der Waals surface area contributed by atoms with Gasteiger partial charge in [0.25, 0.3) is 5.69 Å². The summed E-state index contributed by atoms with van der Waals surface area (Å²) in [5.41, 5.74) is -0.0327. The van der Waals surface area contributed by atoms with Gasteiger partial charge in [-0.15, -0.1) is 0 Å². The topological polar surface area (TPSA) is 80.5 Å². The minimum Gasteiger partial charge on any atom is -0.383 e. The van der Waals surface area contributed by atoms with Crippen LogP contribution in [0.5, 0.6) is 0 Å². The molecule has 0 aliphatic rings. The van der Waals surface area contributed by atoms with Crippen molar-refractivity contribution >= 4 is 27.4 Å². The second-order valence-corrected chi connectivity index (χ2v) is 4.86. The number of likely N-dealkylation sites (N-methyl/N-ethyl adjacent to an activating group) is 1. The highest BCUT2D eigenvalue weighted by Crippen LogP contribution is 2.24. The molecule has 0 atom stereocenters. The molecule has 1 rings (SSSR count). The van der Waals surface area contributed by atoms with Gasteiger partial charge in [0.05, 0.1) is 16.0 Å². The quantitative estimate of drug-likeness (QED) is 0.577. The largest absolute Gasteiger partial charge is 0.383 e.